The standard InChI is InChI=1S/C13H18N2O3S/c16-13(11-6-8-14-9-7-11)10-19(17,18)15-12-4-2-1-3-5-12/h1-5,11,14-15H,6-10H2. The fourth-order valence-electron chi connectivity index (χ4n) is 2.17. The third-order valence-electron chi connectivity index (χ3n) is 3.17. The van der Waals surface area contributed by atoms with E-state index in [1.54, 1.807) is 30.3 Å². The van der Waals surface area contributed by atoms with Crippen molar-refractivity contribution in [3.05, 3.63) is 30.3 Å². The number of rotatable bonds is 5. The van der Waals surface area contributed by atoms with Gasteiger partial charge in [-0.1, -0.05) is 18.2 Å². The monoisotopic (exact) mass is 282 g/mol. The van der Waals surface area contributed by atoms with Crippen LogP contribution in [0.4, 0.5) is 5.69 Å². The van der Waals surface area contributed by atoms with Crippen LogP contribution in [0.25, 0.3) is 0 Å². The van der Waals surface area contributed by atoms with Gasteiger partial charge in [-0.05, 0) is 38.1 Å². The molecule has 0 bridgehead atoms. The number of sulfonamides is 1. The van der Waals surface area contributed by atoms with Crippen LogP contribution in [0.5, 0.6) is 0 Å². The van der Waals surface area contributed by atoms with Gasteiger partial charge in [-0.25, -0.2) is 8.42 Å². The Balaban J connectivity index is 1.95. The first-order chi connectivity index (χ1) is 9.07. The fraction of sp³-hybridized carbons (Fsp3) is 0.462. The van der Waals surface area contributed by atoms with Crippen molar-refractivity contribution in [1.82, 2.24) is 5.32 Å². The van der Waals surface area contributed by atoms with Crippen LogP contribution < -0.4 is 10.0 Å². The van der Waals surface area contributed by atoms with E-state index >= 15 is 0 Å². The molecule has 1 aliphatic rings. The Morgan fingerprint density at radius 2 is 1.84 bits per heavy atom. The molecule has 1 aromatic rings. The molecule has 0 radical (unpaired) electrons. The van der Waals surface area contributed by atoms with Crippen molar-refractivity contribution in [2.45, 2.75) is 12.8 Å². The minimum atomic E-state index is -3.60. The second-order valence-corrected chi connectivity index (χ2v) is 6.44. The zero-order chi connectivity index (χ0) is 13.7. The third kappa shape index (κ3) is 4.33. The first-order valence-corrected chi connectivity index (χ1v) is 8.01. The molecule has 1 aliphatic heterocycles. The SMILES string of the molecule is O=C(CS(=O)(=O)Nc1ccccc1)C1CCNCC1. The van der Waals surface area contributed by atoms with Crippen molar-refractivity contribution >= 4 is 21.5 Å². The Hall–Kier alpha value is -1.40. The number of anilines is 1. The van der Waals surface area contributed by atoms with E-state index in [2.05, 4.69) is 10.0 Å². The number of ketones is 1. The van der Waals surface area contributed by atoms with E-state index in [0.29, 0.717) is 5.69 Å². The molecule has 0 unspecified atom stereocenters. The second-order valence-electron chi connectivity index (χ2n) is 4.72. The summed E-state index contributed by atoms with van der Waals surface area (Å²) in [6.45, 7) is 1.56. The first-order valence-electron chi connectivity index (χ1n) is 6.36. The molecule has 6 heteroatoms. The fourth-order valence-corrected chi connectivity index (χ4v) is 3.35. The number of hydrogen-bond donors (Lipinski definition) is 2. The van der Waals surface area contributed by atoms with Crippen LogP contribution in [-0.2, 0) is 14.8 Å². The molecule has 1 saturated heterocycles. The van der Waals surface area contributed by atoms with Gasteiger partial charge >= 0.3 is 0 Å². The van der Waals surface area contributed by atoms with Crippen LogP contribution in [-0.4, -0.2) is 33.0 Å². The highest BCUT2D eigenvalue weighted by molar-refractivity contribution is 7.93. The lowest BCUT2D eigenvalue weighted by atomic mass is 9.94. The van der Waals surface area contributed by atoms with Gasteiger partial charge in [0.05, 0.1) is 0 Å². The van der Waals surface area contributed by atoms with E-state index in [1.807, 2.05) is 0 Å². The summed E-state index contributed by atoms with van der Waals surface area (Å²) < 4.78 is 26.2. The Kier molecular flexibility index (Phi) is 4.55. The second kappa shape index (κ2) is 6.16. The molecule has 0 spiro atoms. The molecular formula is C13H18N2O3S. The van der Waals surface area contributed by atoms with Gasteiger partial charge in [-0.3, -0.25) is 9.52 Å². The topological polar surface area (TPSA) is 75.3 Å². The van der Waals surface area contributed by atoms with Gasteiger partial charge in [0.1, 0.15) is 5.75 Å². The summed E-state index contributed by atoms with van der Waals surface area (Å²) in [6, 6.07) is 8.61. The summed E-state index contributed by atoms with van der Waals surface area (Å²) in [5, 5.41) is 3.15. The Morgan fingerprint density at radius 1 is 1.21 bits per heavy atom. The van der Waals surface area contributed by atoms with Gasteiger partial charge in [0.25, 0.3) is 0 Å². The molecular weight excluding hydrogens is 264 g/mol. The van der Waals surface area contributed by atoms with Gasteiger partial charge in [-0.15, -0.1) is 0 Å². The van der Waals surface area contributed by atoms with Crippen molar-refractivity contribution in [3.63, 3.8) is 0 Å². The summed E-state index contributed by atoms with van der Waals surface area (Å²) in [7, 11) is -3.60. The summed E-state index contributed by atoms with van der Waals surface area (Å²) in [4.78, 5) is 12.0. The molecule has 5 nitrogen and oxygen atoms in total. The van der Waals surface area contributed by atoms with Gasteiger partial charge in [-0.2, -0.15) is 0 Å². The van der Waals surface area contributed by atoms with E-state index in [0.717, 1.165) is 25.9 Å². The molecule has 1 heterocycles. The smallest absolute Gasteiger partial charge is 0.239 e. The van der Waals surface area contributed by atoms with Crippen molar-refractivity contribution < 1.29 is 13.2 Å². The molecule has 0 aliphatic carbocycles. The molecule has 0 atom stereocenters. The van der Waals surface area contributed by atoms with Crippen molar-refractivity contribution in [1.29, 1.82) is 0 Å². The molecule has 0 amide bonds. The Labute approximate surface area is 113 Å². The number of carbonyl (C=O) groups is 1. The highest BCUT2D eigenvalue weighted by Gasteiger charge is 2.25. The number of nitrogens with one attached hydrogen (secondary N) is 2. The average Bonchev–Trinajstić information content (AvgIpc) is 2.39. The number of para-hydroxylation sites is 1. The lowest BCUT2D eigenvalue weighted by Gasteiger charge is -2.21. The van der Waals surface area contributed by atoms with Gasteiger partial charge in [0, 0.05) is 11.6 Å². The summed E-state index contributed by atoms with van der Waals surface area (Å²) in [5.41, 5.74) is 0.487. The largest absolute Gasteiger partial charge is 0.317 e. The molecule has 0 saturated carbocycles. The zero-order valence-electron chi connectivity index (χ0n) is 10.6. The van der Waals surface area contributed by atoms with Crippen LogP contribution in [0.3, 0.4) is 0 Å². The molecule has 2 N–H and O–H groups in total. The molecule has 0 aromatic heterocycles. The maximum absolute atomic E-state index is 12.0. The predicted molar refractivity (Wildman–Crippen MR) is 74.5 cm³/mol. The number of hydrogen-bond acceptors (Lipinski definition) is 4. The molecule has 19 heavy (non-hydrogen) atoms. The highest BCUT2D eigenvalue weighted by Crippen LogP contribution is 2.15. The number of benzene rings is 1. The van der Waals surface area contributed by atoms with E-state index in [-0.39, 0.29) is 11.7 Å². The molecule has 104 valence electrons. The number of carbonyl (C=O) groups excluding carboxylic acids is 1. The van der Waals surface area contributed by atoms with Crippen LogP contribution in [0.1, 0.15) is 12.8 Å². The minimum absolute atomic E-state index is 0.131. The van der Waals surface area contributed by atoms with E-state index in [4.69, 9.17) is 0 Å². The quantitative estimate of drug-likeness (QED) is 0.844. The van der Waals surface area contributed by atoms with Gasteiger partial charge in [0.15, 0.2) is 5.78 Å². The van der Waals surface area contributed by atoms with Crippen molar-refractivity contribution in [3.8, 4) is 0 Å². The normalized spacial score (nSPS) is 17.1. The van der Waals surface area contributed by atoms with E-state index < -0.39 is 15.8 Å². The number of piperidine rings is 1. The molecule has 1 aromatic carbocycles. The molecule has 2 rings (SSSR count). The third-order valence-corrected chi connectivity index (χ3v) is 4.39. The Bertz CT molecular complexity index is 522. The van der Waals surface area contributed by atoms with Crippen LogP contribution in [0.15, 0.2) is 30.3 Å². The van der Waals surface area contributed by atoms with Crippen LogP contribution in [0, 0.1) is 5.92 Å². The average molecular weight is 282 g/mol. The first kappa shape index (κ1) is 14.0. The van der Waals surface area contributed by atoms with Crippen LogP contribution >= 0.6 is 0 Å². The summed E-state index contributed by atoms with van der Waals surface area (Å²) >= 11 is 0. The van der Waals surface area contributed by atoms with Crippen molar-refractivity contribution in [2.75, 3.05) is 23.6 Å². The summed E-state index contributed by atoms with van der Waals surface area (Å²) in [5.74, 6) is -0.759. The van der Waals surface area contributed by atoms with Crippen LogP contribution in [0.2, 0.25) is 0 Å². The highest BCUT2D eigenvalue weighted by atomic mass is 32.2. The minimum Gasteiger partial charge on any atom is -0.317 e. The molecule has 1 fully saturated rings. The Morgan fingerprint density at radius 3 is 2.47 bits per heavy atom. The van der Waals surface area contributed by atoms with Gasteiger partial charge < -0.3 is 5.32 Å². The summed E-state index contributed by atoms with van der Waals surface area (Å²) in [6.07, 6.45) is 1.44. The van der Waals surface area contributed by atoms with E-state index in [9.17, 15) is 13.2 Å². The maximum atomic E-state index is 12.0. The lowest BCUT2D eigenvalue weighted by Crippen LogP contribution is -2.35. The maximum Gasteiger partial charge on any atom is 0.239 e. The zero-order valence-corrected chi connectivity index (χ0v) is 11.4. The van der Waals surface area contributed by atoms with E-state index in [1.165, 1.54) is 0 Å². The number of Topliss-reactive ketones (excluding diaryl/α,β-unsaturated/α-hetero) is 1. The van der Waals surface area contributed by atoms with Crippen molar-refractivity contribution in [2.24, 2.45) is 5.92 Å². The van der Waals surface area contributed by atoms with Gasteiger partial charge in [0.2, 0.25) is 10.0 Å². The predicted octanol–water partition coefficient (Wildman–Crippen LogP) is 0.997. The lowest BCUT2D eigenvalue weighted by molar-refractivity contribution is -0.121.